The zero-order valence-corrected chi connectivity index (χ0v) is 17.7. The summed E-state index contributed by atoms with van der Waals surface area (Å²) in [4.78, 5) is 43.3. The number of fused-ring (bicyclic) bond motifs is 1. The summed E-state index contributed by atoms with van der Waals surface area (Å²) < 4.78 is 0. The summed E-state index contributed by atoms with van der Waals surface area (Å²) >= 11 is 0. The quantitative estimate of drug-likeness (QED) is 0.553. The number of hydrogen-bond donors (Lipinski definition) is 4. The van der Waals surface area contributed by atoms with Crippen molar-refractivity contribution in [2.75, 3.05) is 19.6 Å². The predicted octanol–water partition coefficient (Wildman–Crippen LogP) is 1.06. The maximum Gasteiger partial charge on any atom is 0.244 e. The summed E-state index contributed by atoms with van der Waals surface area (Å²) in [6.07, 6.45) is 7.21. The molecule has 2 atom stereocenters. The van der Waals surface area contributed by atoms with Gasteiger partial charge in [-0.2, -0.15) is 0 Å². The van der Waals surface area contributed by atoms with Crippen LogP contribution < -0.4 is 16.4 Å². The number of primary amides is 1. The molecule has 31 heavy (non-hydrogen) atoms. The number of nitrogens with two attached hydrogens (primary N) is 1. The molecule has 4 rings (SSSR count). The van der Waals surface area contributed by atoms with Gasteiger partial charge in [0.1, 0.15) is 12.1 Å². The average Bonchev–Trinajstić information content (AvgIpc) is 3.21. The minimum atomic E-state index is -0.847. The Bertz CT molecular complexity index is 950. The van der Waals surface area contributed by atoms with Crippen LogP contribution in [0.4, 0.5) is 0 Å². The molecular formula is C23H31N5O3. The maximum absolute atomic E-state index is 13.1. The highest BCUT2D eigenvalue weighted by molar-refractivity contribution is 5.93. The first-order valence-corrected chi connectivity index (χ1v) is 11.2. The van der Waals surface area contributed by atoms with E-state index in [-0.39, 0.29) is 17.7 Å². The second kappa shape index (κ2) is 9.51. The van der Waals surface area contributed by atoms with Gasteiger partial charge in [-0.25, -0.2) is 0 Å². The number of carbonyl (C=O) groups excluding carboxylic acids is 3. The number of H-pyrrole nitrogens is 1. The van der Waals surface area contributed by atoms with E-state index in [1.165, 1.54) is 6.42 Å². The number of aromatic nitrogens is 1. The SMILES string of the molecule is NC(=O)[C@@H](Cc1c[nH]c2ccccc12)NC(=O)[C@H]1CNCCN1C(=O)C1CCCCC1. The second-order valence-electron chi connectivity index (χ2n) is 8.61. The monoisotopic (exact) mass is 425 g/mol. The van der Waals surface area contributed by atoms with E-state index in [4.69, 9.17) is 5.73 Å². The summed E-state index contributed by atoms with van der Waals surface area (Å²) in [5.74, 6) is -0.860. The van der Waals surface area contributed by atoms with Crippen LogP contribution in [0.25, 0.3) is 10.9 Å². The first-order chi connectivity index (χ1) is 15.0. The number of aromatic amines is 1. The van der Waals surface area contributed by atoms with Gasteiger partial charge in [-0.15, -0.1) is 0 Å². The van der Waals surface area contributed by atoms with Crippen LogP contribution in [0.2, 0.25) is 0 Å². The highest BCUT2D eigenvalue weighted by Crippen LogP contribution is 2.26. The van der Waals surface area contributed by atoms with Gasteiger partial charge in [-0.05, 0) is 24.5 Å². The lowest BCUT2D eigenvalue weighted by Gasteiger charge is -2.38. The third kappa shape index (κ3) is 4.74. The third-order valence-electron chi connectivity index (χ3n) is 6.54. The lowest BCUT2D eigenvalue weighted by Crippen LogP contribution is -2.62. The smallest absolute Gasteiger partial charge is 0.244 e. The van der Waals surface area contributed by atoms with Crippen LogP contribution >= 0.6 is 0 Å². The summed E-state index contributed by atoms with van der Waals surface area (Å²) in [7, 11) is 0. The maximum atomic E-state index is 13.1. The van der Waals surface area contributed by atoms with Crippen molar-refractivity contribution in [3.05, 3.63) is 36.0 Å². The molecule has 1 aromatic heterocycles. The average molecular weight is 426 g/mol. The first-order valence-electron chi connectivity index (χ1n) is 11.2. The predicted molar refractivity (Wildman–Crippen MR) is 118 cm³/mol. The lowest BCUT2D eigenvalue weighted by atomic mass is 9.87. The number of amides is 3. The van der Waals surface area contributed by atoms with E-state index in [9.17, 15) is 14.4 Å². The van der Waals surface area contributed by atoms with Gasteiger partial charge in [0, 0.05) is 49.1 Å². The van der Waals surface area contributed by atoms with E-state index < -0.39 is 18.0 Å². The van der Waals surface area contributed by atoms with Gasteiger partial charge in [-0.3, -0.25) is 14.4 Å². The molecule has 2 aliphatic rings. The fourth-order valence-corrected chi connectivity index (χ4v) is 4.80. The van der Waals surface area contributed by atoms with E-state index in [1.54, 1.807) is 4.90 Å². The van der Waals surface area contributed by atoms with Gasteiger partial charge in [0.25, 0.3) is 0 Å². The molecule has 1 saturated heterocycles. The Balaban J connectivity index is 1.46. The Morgan fingerprint density at radius 1 is 1.16 bits per heavy atom. The van der Waals surface area contributed by atoms with E-state index >= 15 is 0 Å². The molecule has 1 aliphatic carbocycles. The topological polar surface area (TPSA) is 120 Å². The van der Waals surface area contributed by atoms with E-state index in [1.807, 2.05) is 30.5 Å². The zero-order chi connectivity index (χ0) is 21.8. The molecule has 5 N–H and O–H groups in total. The van der Waals surface area contributed by atoms with Crippen LogP contribution in [-0.4, -0.2) is 59.3 Å². The van der Waals surface area contributed by atoms with E-state index in [0.29, 0.717) is 26.1 Å². The number of nitrogens with zero attached hydrogens (tertiary/aromatic N) is 1. The lowest BCUT2D eigenvalue weighted by molar-refractivity contribution is -0.146. The molecule has 2 aromatic rings. The Labute approximate surface area is 181 Å². The molecule has 3 amide bonds. The Kier molecular flexibility index (Phi) is 6.56. The first kappa shape index (κ1) is 21.4. The zero-order valence-electron chi connectivity index (χ0n) is 17.7. The molecule has 1 saturated carbocycles. The van der Waals surface area contributed by atoms with Gasteiger partial charge >= 0.3 is 0 Å². The summed E-state index contributed by atoms with van der Waals surface area (Å²) in [6, 6.07) is 6.31. The standard InChI is InChI=1S/C23H31N5O3/c24-21(29)19(12-16-13-26-18-9-5-4-8-17(16)18)27-22(30)20-14-25-10-11-28(20)23(31)15-6-2-1-3-7-15/h4-5,8-9,13,15,19-20,25-26H,1-3,6-7,10-12,14H2,(H2,24,29)(H,27,30)/t19-,20-/m1/s1. The summed E-state index contributed by atoms with van der Waals surface area (Å²) in [5, 5.41) is 7.01. The minimum Gasteiger partial charge on any atom is -0.368 e. The van der Waals surface area contributed by atoms with Gasteiger partial charge in [0.05, 0.1) is 0 Å². The minimum absolute atomic E-state index is 0.000285. The van der Waals surface area contributed by atoms with Crippen LogP contribution in [0.1, 0.15) is 37.7 Å². The molecule has 0 radical (unpaired) electrons. The van der Waals surface area contributed by atoms with Crippen LogP contribution in [0, 0.1) is 5.92 Å². The molecule has 0 spiro atoms. The van der Waals surface area contributed by atoms with Gasteiger partial charge < -0.3 is 26.3 Å². The summed E-state index contributed by atoms with van der Waals surface area (Å²) in [6.45, 7) is 1.54. The Morgan fingerprint density at radius 3 is 2.71 bits per heavy atom. The largest absolute Gasteiger partial charge is 0.368 e. The summed E-state index contributed by atoms with van der Waals surface area (Å²) in [5.41, 5.74) is 7.51. The van der Waals surface area contributed by atoms with Crippen molar-refractivity contribution in [3.63, 3.8) is 0 Å². The molecule has 8 heteroatoms. The van der Waals surface area contributed by atoms with Crippen molar-refractivity contribution in [2.45, 2.75) is 50.6 Å². The number of piperazine rings is 1. The molecule has 8 nitrogen and oxygen atoms in total. The fourth-order valence-electron chi connectivity index (χ4n) is 4.80. The van der Waals surface area contributed by atoms with Crippen molar-refractivity contribution in [1.82, 2.24) is 20.5 Å². The highest BCUT2D eigenvalue weighted by atomic mass is 16.2. The molecule has 1 aromatic carbocycles. The molecule has 0 bridgehead atoms. The van der Waals surface area contributed by atoms with Crippen LogP contribution in [0.5, 0.6) is 0 Å². The van der Waals surface area contributed by atoms with Crippen LogP contribution in [-0.2, 0) is 20.8 Å². The number of hydrogen-bond acceptors (Lipinski definition) is 4. The number of rotatable bonds is 6. The molecule has 0 unspecified atom stereocenters. The number of benzene rings is 1. The van der Waals surface area contributed by atoms with Gasteiger partial charge in [0.2, 0.25) is 17.7 Å². The Morgan fingerprint density at radius 2 is 1.94 bits per heavy atom. The molecule has 1 aliphatic heterocycles. The van der Waals surface area contributed by atoms with E-state index in [2.05, 4.69) is 15.6 Å². The molecule has 2 heterocycles. The molecule has 2 fully saturated rings. The third-order valence-corrected chi connectivity index (χ3v) is 6.54. The van der Waals surface area contributed by atoms with Gasteiger partial charge in [-0.1, -0.05) is 37.5 Å². The van der Waals surface area contributed by atoms with Crippen molar-refractivity contribution in [1.29, 1.82) is 0 Å². The Hall–Kier alpha value is -2.87. The van der Waals surface area contributed by atoms with E-state index in [0.717, 1.165) is 42.1 Å². The number of nitrogens with one attached hydrogen (secondary N) is 3. The normalized spacial score (nSPS) is 21.0. The highest BCUT2D eigenvalue weighted by Gasteiger charge is 2.37. The van der Waals surface area contributed by atoms with Crippen molar-refractivity contribution in [3.8, 4) is 0 Å². The van der Waals surface area contributed by atoms with Crippen molar-refractivity contribution < 1.29 is 14.4 Å². The van der Waals surface area contributed by atoms with Crippen LogP contribution in [0.3, 0.4) is 0 Å². The van der Waals surface area contributed by atoms with Crippen molar-refractivity contribution >= 4 is 28.6 Å². The fraction of sp³-hybridized carbons (Fsp3) is 0.522. The number of carbonyl (C=O) groups is 3. The molecule has 166 valence electrons. The second-order valence-corrected chi connectivity index (χ2v) is 8.61. The number of para-hydroxylation sites is 1. The van der Waals surface area contributed by atoms with Gasteiger partial charge in [0.15, 0.2) is 0 Å². The van der Waals surface area contributed by atoms with Crippen molar-refractivity contribution in [2.24, 2.45) is 11.7 Å². The molecular weight excluding hydrogens is 394 g/mol. The van der Waals surface area contributed by atoms with Crippen LogP contribution in [0.15, 0.2) is 30.5 Å².